The molecule has 1 aliphatic carbocycles. The molecule has 0 bridgehead atoms. The fraction of sp³-hybridized carbons (Fsp3) is 0.294. The molecule has 0 fully saturated rings. The van der Waals surface area contributed by atoms with E-state index in [0.717, 1.165) is 0 Å². The van der Waals surface area contributed by atoms with Gasteiger partial charge in [0.1, 0.15) is 5.54 Å². The lowest BCUT2D eigenvalue weighted by Crippen LogP contribution is -2.53. The second kappa shape index (κ2) is 7.49. The van der Waals surface area contributed by atoms with Crippen LogP contribution >= 0.6 is 23.5 Å². The van der Waals surface area contributed by atoms with E-state index in [0.29, 0.717) is 21.8 Å². The van der Waals surface area contributed by atoms with Crippen LogP contribution in [0.25, 0.3) is 0 Å². The lowest BCUT2D eigenvalue weighted by atomic mass is 9.71. The summed E-state index contributed by atoms with van der Waals surface area (Å²) in [5.74, 6) is -0.511. The van der Waals surface area contributed by atoms with Crippen LogP contribution in [0.1, 0.15) is 22.3 Å². The van der Waals surface area contributed by atoms with E-state index in [1.54, 1.807) is 24.3 Å². The number of thioether (sulfide) groups is 2. The SMILES string of the molecule is C=CCC1(NOC)C(=O)C(=C(SC)SC)C(=O)c2ccccc21. The van der Waals surface area contributed by atoms with Gasteiger partial charge in [-0.2, -0.15) is 5.48 Å². The van der Waals surface area contributed by atoms with Crippen molar-refractivity contribution in [2.45, 2.75) is 12.0 Å². The first-order valence-corrected chi connectivity index (χ1v) is 9.44. The minimum atomic E-state index is -1.13. The van der Waals surface area contributed by atoms with Gasteiger partial charge < -0.3 is 4.84 Å². The topological polar surface area (TPSA) is 55.4 Å². The molecule has 0 aliphatic heterocycles. The average molecular weight is 349 g/mol. The monoisotopic (exact) mass is 349 g/mol. The molecule has 122 valence electrons. The van der Waals surface area contributed by atoms with Gasteiger partial charge >= 0.3 is 0 Å². The van der Waals surface area contributed by atoms with Gasteiger partial charge in [0, 0.05) is 5.56 Å². The molecule has 1 atom stereocenters. The van der Waals surface area contributed by atoms with E-state index in [9.17, 15) is 9.59 Å². The van der Waals surface area contributed by atoms with E-state index >= 15 is 0 Å². The summed E-state index contributed by atoms with van der Waals surface area (Å²) in [5.41, 5.74) is 3.07. The third-order valence-corrected chi connectivity index (χ3v) is 5.92. The molecule has 1 unspecified atom stereocenters. The molecule has 0 heterocycles. The molecule has 4 nitrogen and oxygen atoms in total. The molecule has 0 saturated heterocycles. The van der Waals surface area contributed by atoms with Crippen LogP contribution in [0, 0.1) is 0 Å². The Morgan fingerprint density at radius 1 is 1.30 bits per heavy atom. The highest BCUT2D eigenvalue weighted by molar-refractivity contribution is 8.21. The zero-order valence-corrected chi connectivity index (χ0v) is 15.0. The molecule has 23 heavy (non-hydrogen) atoms. The normalized spacial score (nSPS) is 20.4. The van der Waals surface area contributed by atoms with Crippen molar-refractivity contribution in [2.75, 3.05) is 19.6 Å². The van der Waals surface area contributed by atoms with Gasteiger partial charge in [-0.3, -0.25) is 9.59 Å². The Kier molecular flexibility index (Phi) is 5.86. The number of carbonyl (C=O) groups is 2. The summed E-state index contributed by atoms with van der Waals surface area (Å²) < 4.78 is 0.709. The van der Waals surface area contributed by atoms with Gasteiger partial charge in [-0.15, -0.1) is 30.1 Å². The van der Waals surface area contributed by atoms with Crippen molar-refractivity contribution in [3.8, 4) is 0 Å². The van der Waals surface area contributed by atoms with Crippen LogP contribution in [0.4, 0.5) is 0 Å². The molecule has 0 saturated carbocycles. The van der Waals surface area contributed by atoms with Crippen LogP contribution in [0.2, 0.25) is 0 Å². The van der Waals surface area contributed by atoms with Crippen molar-refractivity contribution in [1.82, 2.24) is 5.48 Å². The molecule has 0 radical (unpaired) electrons. The quantitative estimate of drug-likeness (QED) is 0.368. The van der Waals surface area contributed by atoms with Gasteiger partial charge in [-0.25, -0.2) is 0 Å². The van der Waals surface area contributed by atoms with E-state index < -0.39 is 5.54 Å². The van der Waals surface area contributed by atoms with Crippen molar-refractivity contribution < 1.29 is 14.4 Å². The van der Waals surface area contributed by atoms with Crippen LogP contribution in [0.5, 0.6) is 0 Å². The predicted molar refractivity (Wildman–Crippen MR) is 96.5 cm³/mol. The highest BCUT2D eigenvalue weighted by atomic mass is 32.2. The predicted octanol–water partition coefficient (Wildman–Crippen LogP) is 3.31. The van der Waals surface area contributed by atoms with E-state index in [1.807, 2.05) is 18.6 Å². The Morgan fingerprint density at radius 2 is 1.96 bits per heavy atom. The molecular formula is C17H19NO3S2. The van der Waals surface area contributed by atoms with Crippen LogP contribution in [0.3, 0.4) is 0 Å². The molecule has 1 aromatic rings. The van der Waals surface area contributed by atoms with E-state index in [2.05, 4.69) is 12.1 Å². The summed E-state index contributed by atoms with van der Waals surface area (Å²) in [5, 5.41) is 0. The standard InChI is InChI=1S/C17H19NO3S2/c1-5-10-17(18-21-2)12-9-7-6-8-11(12)14(19)13(15(17)20)16(22-3)23-4/h5-9,18H,1,10H2,2-4H3. The van der Waals surface area contributed by atoms with Gasteiger partial charge in [-0.05, 0) is 24.5 Å². The maximum absolute atomic E-state index is 13.3. The zero-order valence-electron chi connectivity index (χ0n) is 13.3. The van der Waals surface area contributed by atoms with Crippen molar-refractivity contribution in [3.05, 3.63) is 57.9 Å². The Morgan fingerprint density at radius 3 is 2.52 bits per heavy atom. The minimum absolute atomic E-state index is 0.218. The van der Waals surface area contributed by atoms with Crippen LogP contribution in [-0.2, 0) is 15.2 Å². The summed E-state index contributed by atoms with van der Waals surface area (Å²) in [4.78, 5) is 31.3. The molecular weight excluding hydrogens is 330 g/mol. The maximum atomic E-state index is 13.3. The van der Waals surface area contributed by atoms with E-state index in [4.69, 9.17) is 4.84 Å². The van der Waals surface area contributed by atoms with E-state index in [-0.39, 0.29) is 17.1 Å². The number of hydrogen-bond donors (Lipinski definition) is 1. The minimum Gasteiger partial charge on any atom is -0.304 e. The number of carbonyl (C=O) groups excluding carboxylic acids is 2. The first-order chi connectivity index (χ1) is 11.1. The fourth-order valence-electron chi connectivity index (χ4n) is 2.84. The largest absolute Gasteiger partial charge is 0.304 e. The van der Waals surface area contributed by atoms with Gasteiger partial charge in [0.25, 0.3) is 0 Å². The van der Waals surface area contributed by atoms with Gasteiger partial charge in [0.2, 0.25) is 0 Å². The third-order valence-electron chi connectivity index (χ3n) is 3.77. The second-order valence-electron chi connectivity index (χ2n) is 4.98. The van der Waals surface area contributed by atoms with Crippen LogP contribution in [0.15, 0.2) is 46.7 Å². The molecule has 0 spiro atoms. The first-order valence-electron chi connectivity index (χ1n) is 6.99. The maximum Gasteiger partial charge on any atom is 0.198 e. The van der Waals surface area contributed by atoms with E-state index in [1.165, 1.54) is 30.6 Å². The van der Waals surface area contributed by atoms with Gasteiger partial charge in [-0.1, -0.05) is 30.3 Å². The number of ketones is 2. The molecule has 0 amide bonds. The number of Topliss-reactive ketones (excluding diaryl/α,β-unsaturated/α-hetero) is 2. The average Bonchev–Trinajstić information content (AvgIpc) is 2.57. The van der Waals surface area contributed by atoms with Crippen molar-refractivity contribution >= 4 is 35.1 Å². The summed E-state index contributed by atoms with van der Waals surface area (Å²) in [6, 6.07) is 7.15. The molecule has 6 heteroatoms. The number of hydroxylamine groups is 1. The number of hydrogen-bond acceptors (Lipinski definition) is 6. The summed E-state index contributed by atoms with van der Waals surface area (Å²) in [6.07, 6.45) is 5.70. The highest BCUT2D eigenvalue weighted by Crippen LogP contribution is 2.42. The fourth-order valence-corrected chi connectivity index (χ4v) is 4.28. The molecule has 2 rings (SSSR count). The Bertz CT molecular complexity index is 678. The van der Waals surface area contributed by atoms with Gasteiger partial charge in [0.15, 0.2) is 11.6 Å². The smallest absolute Gasteiger partial charge is 0.198 e. The summed E-state index contributed by atoms with van der Waals surface area (Å²) >= 11 is 2.80. The first kappa shape index (κ1) is 18.0. The summed E-state index contributed by atoms with van der Waals surface area (Å²) in [7, 11) is 1.46. The van der Waals surface area contributed by atoms with Crippen LogP contribution < -0.4 is 5.48 Å². The molecule has 1 aliphatic rings. The van der Waals surface area contributed by atoms with Crippen molar-refractivity contribution in [1.29, 1.82) is 0 Å². The van der Waals surface area contributed by atoms with Crippen molar-refractivity contribution in [2.24, 2.45) is 0 Å². The zero-order chi connectivity index (χ0) is 17.0. The lowest BCUT2D eigenvalue weighted by molar-refractivity contribution is -0.128. The highest BCUT2D eigenvalue weighted by Gasteiger charge is 2.49. The number of rotatable bonds is 6. The number of nitrogens with one attached hydrogen (secondary N) is 1. The lowest BCUT2D eigenvalue weighted by Gasteiger charge is -2.37. The molecule has 1 aromatic carbocycles. The molecule has 0 aromatic heterocycles. The number of fused-ring (bicyclic) bond motifs is 1. The number of benzene rings is 1. The molecule has 1 N–H and O–H groups in total. The Balaban J connectivity index is 2.83. The Labute approximate surface area is 144 Å². The van der Waals surface area contributed by atoms with Crippen molar-refractivity contribution in [3.63, 3.8) is 0 Å². The van der Waals surface area contributed by atoms with Crippen LogP contribution in [-0.4, -0.2) is 31.2 Å². The summed E-state index contributed by atoms with van der Waals surface area (Å²) in [6.45, 7) is 3.76. The Hall–Kier alpha value is -1.34. The van der Waals surface area contributed by atoms with Gasteiger partial charge in [0.05, 0.1) is 16.9 Å². The second-order valence-corrected chi connectivity index (χ2v) is 6.87. The third kappa shape index (κ3) is 2.92.